The molecule has 0 aliphatic rings. The second-order valence-corrected chi connectivity index (χ2v) is 9.37. The van der Waals surface area contributed by atoms with Gasteiger partial charge in [-0.05, 0) is 31.0 Å². The zero-order valence-corrected chi connectivity index (χ0v) is 17.3. The second kappa shape index (κ2) is 8.99. The molecule has 0 N–H and O–H groups in total. The second-order valence-electron chi connectivity index (χ2n) is 7.08. The fraction of sp³-hybridized carbons (Fsp3) is 0.0741. The minimum Gasteiger partial charge on any atom is -0.293 e. The van der Waals surface area contributed by atoms with Gasteiger partial charge < -0.3 is 0 Å². The average molecular weight is 394 g/mol. The van der Waals surface area contributed by atoms with Gasteiger partial charge >= 0.3 is 0 Å². The van der Waals surface area contributed by atoms with Crippen LogP contribution in [0, 0.1) is 6.92 Å². The maximum absolute atomic E-state index is 13.9. The first kappa shape index (κ1) is 19.3. The Kier molecular flexibility index (Phi) is 5.98. The minimum absolute atomic E-state index is 0.176. The van der Waals surface area contributed by atoms with Gasteiger partial charge in [-0.3, -0.25) is 4.79 Å². The molecule has 1 nitrogen and oxygen atoms in total. The van der Waals surface area contributed by atoms with E-state index in [0.717, 1.165) is 16.7 Å². The van der Waals surface area contributed by atoms with Crippen LogP contribution < -0.4 is 10.6 Å². The van der Waals surface area contributed by atoms with Crippen molar-refractivity contribution >= 4 is 24.3 Å². The molecule has 142 valence electrons. The van der Waals surface area contributed by atoms with E-state index >= 15 is 0 Å². The van der Waals surface area contributed by atoms with E-state index in [9.17, 15) is 4.79 Å². The first-order valence-corrected chi connectivity index (χ1v) is 11.2. The molecule has 1 unspecified atom stereocenters. The van der Waals surface area contributed by atoms with E-state index in [4.69, 9.17) is 0 Å². The highest BCUT2D eigenvalue weighted by Gasteiger charge is 2.32. The summed E-state index contributed by atoms with van der Waals surface area (Å²) in [6.45, 7) is 2.05. The fourth-order valence-corrected chi connectivity index (χ4v) is 6.29. The molecule has 0 fully saturated rings. The first-order valence-electron chi connectivity index (χ1n) is 9.79. The van der Waals surface area contributed by atoms with Crippen LogP contribution in [-0.4, -0.2) is 5.78 Å². The Labute approximate surface area is 173 Å². The molecule has 0 aliphatic carbocycles. The van der Waals surface area contributed by atoms with Crippen LogP contribution in [0.1, 0.15) is 27.1 Å². The molecule has 0 saturated carbocycles. The molecule has 0 spiro atoms. The molecule has 0 aliphatic heterocycles. The van der Waals surface area contributed by atoms with Crippen LogP contribution >= 0.6 is 7.92 Å². The molecule has 1 atom stereocenters. The van der Waals surface area contributed by atoms with Gasteiger partial charge in [0.25, 0.3) is 0 Å². The van der Waals surface area contributed by atoms with Crippen LogP contribution in [0.25, 0.3) is 0 Å². The summed E-state index contributed by atoms with van der Waals surface area (Å²) in [5.74, 6) is 0.176. The Morgan fingerprint density at radius 2 is 1.07 bits per heavy atom. The minimum atomic E-state index is -0.911. The summed E-state index contributed by atoms with van der Waals surface area (Å²) in [4.78, 5) is 13.9. The molecule has 2 heteroatoms. The number of rotatable bonds is 6. The van der Waals surface area contributed by atoms with Crippen LogP contribution in [0.4, 0.5) is 0 Å². The molecule has 4 aromatic carbocycles. The number of benzene rings is 4. The van der Waals surface area contributed by atoms with Gasteiger partial charge in [-0.2, -0.15) is 0 Å². The third-order valence-electron chi connectivity index (χ3n) is 5.03. The van der Waals surface area contributed by atoms with Crippen molar-refractivity contribution in [2.45, 2.75) is 12.6 Å². The van der Waals surface area contributed by atoms with Gasteiger partial charge in [0.05, 0.1) is 5.66 Å². The van der Waals surface area contributed by atoms with Gasteiger partial charge in [-0.25, -0.2) is 0 Å². The predicted octanol–water partition coefficient (Wildman–Crippen LogP) is 6.05. The third-order valence-corrected chi connectivity index (χ3v) is 7.78. The lowest BCUT2D eigenvalue weighted by Crippen LogP contribution is -2.23. The number of hydrogen-bond donors (Lipinski definition) is 0. The smallest absolute Gasteiger partial charge is 0.175 e. The lowest BCUT2D eigenvalue weighted by Gasteiger charge is -2.28. The molecule has 4 rings (SSSR count). The SMILES string of the molecule is Cc1ccc(C(=O)C(c2ccccc2)P(c2ccccc2)c2ccccc2)cc1. The van der Waals surface area contributed by atoms with Gasteiger partial charge in [0.15, 0.2) is 5.78 Å². The number of hydrogen-bond acceptors (Lipinski definition) is 1. The molecule has 0 heterocycles. The molecule has 4 aromatic rings. The van der Waals surface area contributed by atoms with Gasteiger partial charge in [-0.1, -0.05) is 121 Å². The number of aryl methyl sites for hydroxylation is 1. The lowest BCUT2D eigenvalue weighted by molar-refractivity contribution is 0.0988. The predicted molar refractivity (Wildman–Crippen MR) is 124 cm³/mol. The Hall–Kier alpha value is -3.02. The van der Waals surface area contributed by atoms with Crippen molar-refractivity contribution in [1.29, 1.82) is 0 Å². The van der Waals surface area contributed by atoms with Gasteiger partial charge in [0.1, 0.15) is 0 Å². The van der Waals surface area contributed by atoms with Crippen molar-refractivity contribution in [3.8, 4) is 0 Å². The summed E-state index contributed by atoms with van der Waals surface area (Å²) >= 11 is 0. The Morgan fingerprint density at radius 1 is 0.621 bits per heavy atom. The molecule has 0 radical (unpaired) electrons. The molecular weight excluding hydrogens is 371 g/mol. The summed E-state index contributed by atoms with van der Waals surface area (Å²) in [5, 5.41) is 2.42. The van der Waals surface area contributed by atoms with E-state index in [1.807, 2.05) is 61.5 Å². The van der Waals surface area contributed by atoms with Crippen LogP contribution in [0.5, 0.6) is 0 Å². The maximum Gasteiger partial charge on any atom is 0.175 e. The van der Waals surface area contributed by atoms with Gasteiger partial charge in [0.2, 0.25) is 0 Å². The van der Waals surface area contributed by atoms with Crippen LogP contribution in [0.15, 0.2) is 115 Å². The Morgan fingerprint density at radius 3 is 1.55 bits per heavy atom. The van der Waals surface area contributed by atoms with Crippen molar-refractivity contribution in [2.75, 3.05) is 0 Å². The van der Waals surface area contributed by atoms with E-state index in [2.05, 4.69) is 60.7 Å². The van der Waals surface area contributed by atoms with E-state index in [1.54, 1.807) is 0 Å². The highest BCUT2D eigenvalue weighted by molar-refractivity contribution is 7.74. The third kappa shape index (κ3) is 4.36. The summed E-state index contributed by atoms with van der Waals surface area (Å²) in [5.41, 5.74) is 2.76. The van der Waals surface area contributed by atoms with E-state index in [1.165, 1.54) is 10.6 Å². The average Bonchev–Trinajstić information content (AvgIpc) is 2.79. The molecular formula is C27H23OP. The quantitative estimate of drug-likeness (QED) is 0.287. The van der Waals surface area contributed by atoms with Gasteiger partial charge in [0, 0.05) is 5.56 Å². The number of carbonyl (C=O) groups is 1. The molecule has 29 heavy (non-hydrogen) atoms. The van der Waals surface area contributed by atoms with E-state index in [-0.39, 0.29) is 11.4 Å². The highest BCUT2D eigenvalue weighted by Crippen LogP contribution is 2.51. The van der Waals surface area contributed by atoms with Crippen molar-refractivity contribution < 1.29 is 4.79 Å². The topological polar surface area (TPSA) is 17.1 Å². The Balaban J connectivity index is 1.89. The first-order chi connectivity index (χ1) is 14.2. The van der Waals surface area contributed by atoms with Crippen molar-refractivity contribution in [3.63, 3.8) is 0 Å². The van der Waals surface area contributed by atoms with Crippen LogP contribution in [0.2, 0.25) is 0 Å². The summed E-state index contributed by atoms with van der Waals surface area (Å²) in [7, 11) is -0.911. The number of ketones is 1. The van der Waals surface area contributed by atoms with E-state index in [0.29, 0.717) is 0 Å². The number of carbonyl (C=O) groups excluding carboxylic acids is 1. The van der Waals surface area contributed by atoms with Crippen molar-refractivity contribution in [2.24, 2.45) is 0 Å². The largest absolute Gasteiger partial charge is 0.293 e. The lowest BCUT2D eigenvalue weighted by atomic mass is 10.0. The zero-order valence-electron chi connectivity index (χ0n) is 16.4. The zero-order chi connectivity index (χ0) is 20.1. The normalized spacial score (nSPS) is 11.9. The van der Waals surface area contributed by atoms with Crippen molar-refractivity contribution in [1.82, 2.24) is 0 Å². The monoisotopic (exact) mass is 394 g/mol. The Bertz CT molecular complexity index is 1020. The molecule has 0 aromatic heterocycles. The molecule has 0 saturated heterocycles. The molecule has 0 bridgehead atoms. The maximum atomic E-state index is 13.9. The summed E-state index contributed by atoms with van der Waals surface area (Å²) < 4.78 is 0. The highest BCUT2D eigenvalue weighted by atomic mass is 31.1. The fourth-order valence-electron chi connectivity index (χ4n) is 3.55. The number of Topliss-reactive ketones (excluding diaryl/α,β-unsaturated/α-hetero) is 1. The summed E-state index contributed by atoms with van der Waals surface area (Å²) in [6.07, 6.45) is 0. The van der Waals surface area contributed by atoms with Crippen LogP contribution in [-0.2, 0) is 0 Å². The van der Waals surface area contributed by atoms with Crippen molar-refractivity contribution in [3.05, 3.63) is 132 Å². The van der Waals surface area contributed by atoms with E-state index < -0.39 is 7.92 Å². The van der Waals surface area contributed by atoms with Gasteiger partial charge in [-0.15, -0.1) is 0 Å². The standard InChI is InChI=1S/C27H23OP/c1-21-17-19-22(20-18-21)26(28)27(23-11-5-2-6-12-23)29(24-13-7-3-8-14-24)25-15-9-4-10-16-25/h2-20,27H,1H3. The summed E-state index contributed by atoms with van der Waals surface area (Å²) in [6, 6.07) is 39.1. The molecule has 0 amide bonds. The van der Waals surface area contributed by atoms with Crippen LogP contribution in [0.3, 0.4) is 0 Å².